The maximum Gasteiger partial charge on any atom is 0.227 e. The third kappa shape index (κ3) is 3.07. The number of anilines is 2. The minimum Gasteiger partial charge on any atom is -0.324 e. The van der Waals surface area contributed by atoms with Gasteiger partial charge in [-0.2, -0.15) is 0 Å². The van der Waals surface area contributed by atoms with Crippen LogP contribution in [-0.2, 0) is 0 Å². The Hall–Kier alpha value is -3.12. The number of ketones is 1. The number of benzene rings is 1. The van der Waals surface area contributed by atoms with Crippen molar-refractivity contribution in [3.63, 3.8) is 0 Å². The summed E-state index contributed by atoms with van der Waals surface area (Å²) >= 11 is 1.53. The molecule has 0 radical (unpaired) electrons. The van der Waals surface area contributed by atoms with E-state index >= 15 is 0 Å². The second kappa shape index (κ2) is 6.65. The molecule has 1 aromatic carbocycles. The Labute approximate surface area is 154 Å². The number of hydrogen-bond acceptors (Lipinski definition) is 6. The van der Waals surface area contributed by atoms with Crippen molar-refractivity contribution < 1.29 is 4.79 Å². The fraction of sp³-hybridized carbons (Fsp3) is 0.100. The molecule has 1 N–H and O–H groups in total. The Morgan fingerprint density at radius 1 is 1.04 bits per heavy atom. The average Bonchev–Trinajstić information content (AvgIpc) is 2.99. The van der Waals surface area contributed by atoms with E-state index in [0.717, 1.165) is 37.6 Å². The van der Waals surface area contributed by atoms with Crippen LogP contribution in [0.4, 0.5) is 11.6 Å². The van der Waals surface area contributed by atoms with E-state index in [-0.39, 0.29) is 5.78 Å². The van der Waals surface area contributed by atoms with Crippen LogP contribution in [0.15, 0.2) is 54.9 Å². The predicted octanol–water partition coefficient (Wildman–Crippen LogP) is 5.01. The van der Waals surface area contributed by atoms with Crippen molar-refractivity contribution in [3.8, 4) is 11.4 Å². The fourth-order valence-corrected chi connectivity index (χ4v) is 3.92. The van der Waals surface area contributed by atoms with E-state index in [1.807, 2.05) is 49.4 Å². The number of pyridine rings is 1. The Kier molecular flexibility index (Phi) is 4.18. The Balaban J connectivity index is 1.67. The van der Waals surface area contributed by atoms with Crippen LogP contribution in [0.2, 0.25) is 0 Å². The Morgan fingerprint density at radius 3 is 2.69 bits per heavy atom. The van der Waals surface area contributed by atoms with Gasteiger partial charge in [-0.05, 0) is 61.2 Å². The van der Waals surface area contributed by atoms with Gasteiger partial charge in [0.25, 0.3) is 0 Å². The quantitative estimate of drug-likeness (QED) is 0.518. The Morgan fingerprint density at radius 2 is 1.92 bits per heavy atom. The first-order chi connectivity index (χ1) is 12.6. The molecule has 0 saturated carbocycles. The van der Waals surface area contributed by atoms with Crippen LogP contribution in [0.5, 0.6) is 0 Å². The van der Waals surface area contributed by atoms with E-state index in [0.29, 0.717) is 5.95 Å². The van der Waals surface area contributed by atoms with Gasteiger partial charge in [0.05, 0.1) is 16.3 Å². The van der Waals surface area contributed by atoms with Crippen molar-refractivity contribution >= 4 is 38.8 Å². The highest BCUT2D eigenvalue weighted by atomic mass is 32.1. The number of fused-ring (bicyclic) bond motifs is 1. The lowest BCUT2D eigenvalue weighted by atomic mass is 10.1. The first-order valence-electron chi connectivity index (χ1n) is 8.17. The number of aromatic nitrogens is 3. The molecule has 5 nitrogen and oxygen atoms in total. The highest BCUT2D eigenvalue weighted by molar-refractivity contribution is 7.21. The van der Waals surface area contributed by atoms with Crippen LogP contribution < -0.4 is 5.32 Å². The molecule has 0 spiro atoms. The molecular formula is C20H16N4OS. The maximum absolute atomic E-state index is 11.8. The molecule has 3 aromatic heterocycles. The molecule has 0 aliphatic rings. The number of carbonyl (C=O) groups is 1. The summed E-state index contributed by atoms with van der Waals surface area (Å²) < 4.78 is 1.10. The molecule has 0 saturated heterocycles. The standard InChI is InChI=1S/C20H16N4OS/c1-12-15-11-14(6-7-18(15)26-19(12)13(2)25)23-20-22-10-8-17(24-20)16-5-3-4-9-21-16/h3-11H,1-2H3,(H,22,23,24). The molecule has 4 rings (SSSR count). The summed E-state index contributed by atoms with van der Waals surface area (Å²) in [7, 11) is 0. The molecular weight excluding hydrogens is 344 g/mol. The van der Waals surface area contributed by atoms with Gasteiger partial charge in [0.1, 0.15) is 0 Å². The van der Waals surface area contributed by atoms with Crippen molar-refractivity contribution in [1.82, 2.24) is 15.0 Å². The number of nitrogens with zero attached hydrogens (tertiary/aromatic N) is 3. The summed E-state index contributed by atoms with van der Waals surface area (Å²) in [6.45, 7) is 3.59. The zero-order chi connectivity index (χ0) is 18.1. The monoisotopic (exact) mass is 360 g/mol. The van der Waals surface area contributed by atoms with Crippen molar-refractivity contribution in [2.24, 2.45) is 0 Å². The summed E-state index contributed by atoms with van der Waals surface area (Å²) in [4.78, 5) is 25.7. The molecule has 0 unspecified atom stereocenters. The van der Waals surface area contributed by atoms with Gasteiger partial charge in [0, 0.05) is 22.8 Å². The van der Waals surface area contributed by atoms with Crippen LogP contribution in [0.3, 0.4) is 0 Å². The lowest BCUT2D eigenvalue weighted by Crippen LogP contribution is -1.98. The number of thiophene rings is 1. The summed E-state index contributed by atoms with van der Waals surface area (Å²) in [5.74, 6) is 0.608. The van der Waals surface area contributed by atoms with Crippen molar-refractivity contribution in [2.45, 2.75) is 13.8 Å². The van der Waals surface area contributed by atoms with Gasteiger partial charge >= 0.3 is 0 Å². The van der Waals surface area contributed by atoms with Gasteiger partial charge in [-0.15, -0.1) is 11.3 Å². The largest absolute Gasteiger partial charge is 0.324 e. The van der Waals surface area contributed by atoms with Crippen LogP contribution in [0, 0.1) is 6.92 Å². The average molecular weight is 360 g/mol. The molecule has 0 aliphatic carbocycles. The van der Waals surface area contributed by atoms with Crippen molar-refractivity contribution in [3.05, 3.63) is 65.3 Å². The Bertz CT molecular complexity index is 1110. The summed E-state index contributed by atoms with van der Waals surface area (Å²) in [6, 6.07) is 13.6. The van der Waals surface area contributed by atoms with Gasteiger partial charge in [-0.25, -0.2) is 9.97 Å². The van der Waals surface area contributed by atoms with E-state index in [9.17, 15) is 4.79 Å². The number of carbonyl (C=O) groups excluding carboxylic acids is 1. The van der Waals surface area contributed by atoms with E-state index in [2.05, 4.69) is 20.3 Å². The molecule has 0 atom stereocenters. The van der Waals surface area contributed by atoms with Crippen LogP contribution in [-0.4, -0.2) is 20.7 Å². The SMILES string of the molecule is CC(=O)c1sc2ccc(Nc3nccc(-c4ccccn4)n3)cc2c1C. The number of aryl methyl sites for hydroxylation is 1. The third-order valence-corrected chi connectivity index (χ3v) is 5.47. The normalized spacial score (nSPS) is 10.8. The third-order valence-electron chi connectivity index (χ3n) is 4.09. The smallest absolute Gasteiger partial charge is 0.227 e. The molecule has 0 fully saturated rings. The van der Waals surface area contributed by atoms with Crippen molar-refractivity contribution in [2.75, 3.05) is 5.32 Å². The van der Waals surface area contributed by atoms with Gasteiger partial charge in [-0.1, -0.05) is 6.07 Å². The van der Waals surface area contributed by atoms with E-state index < -0.39 is 0 Å². The molecule has 0 bridgehead atoms. The number of hydrogen-bond donors (Lipinski definition) is 1. The molecule has 0 amide bonds. The fourth-order valence-electron chi connectivity index (χ4n) is 2.84. The van der Waals surface area contributed by atoms with Crippen LogP contribution in [0.1, 0.15) is 22.2 Å². The second-order valence-electron chi connectivity index (χ2n) is 5.93. The number of Topliss-reactive ketones (excluding diaryl/α,β-unsaturated/α-hetero) is 1. The number of nitrogens with one attached hydrogen (secondary N) is 1. The highest BCUT2D eigenvalue weighted by Gasteiger charge is 2.12. The minimum absolute atomic E-state index is 0.101. The molecule has 3 heterocycles. The van der Waals surface area contributed by atoms with Gasteiger partial charge in [0.15, 0.2) is 5.78 Å². The maximum atomic E-state index is 11.8. The first-order valence-corrected chi connectivity index (χ1v) is 8.99. The van der Waals surface area contributed by atoms with E-state index in [4.69, 9.17) is 0 Å². The lowest BCUT2D eigenvalue weighted by Gasteiger charge is -2.07. The first kappa shape index (κ1) is 16.4. The van der Waals surface area contributed by atoms with Gasteiger partial charge < -0.3 is 5.32 Å². The zero-order valence-corrected chi connectivity index (χ0v) is 15.2. The predicted molar refractivity (Wildman–Crippen MR) is 105 cm³/mol. The van der Waals surface area contributed by atoms with Gasteiger partial charge in [-0.3, -0.25) is 9.78 Å². The number of rotatable bonds is 4. The highest BCUT2D eigenvalue weighted by Crippen LogP contribution is 2.33. The summed E-state index contributed by atoms with van der Waals surface area (Å²) in [5.41, 5.74) is 3.46. The molecule has 0 aliphatic heterocycles. The van der Waals surface area contributed by atoms with E-state index in [1.54, 1.807) is 19.3 Å². The topological polar surface area (TPSA) is 67.8 Å². The van der Waals surface area contributed by atoms with Crippen LogP contribution >= 0.6 is 11.3 Å². The van der Waals surface area contributed by atoms with Crippen molar-refractivity contribution in [1.29, 1.82) is 0 Å². The summed E-state index contributed by atoms with van der Waals surface area (Å²) in [6.07, 6.45) is 3.45. The second-order valence-corrected chi connectivity index (χ2v) is 6.98. The lowest BCUT2D eigenvalue weighted by molar-refractivity contribution is 0.102. The molecule has 4 aromatic rings. The minimum atomic E-state index is 0.101. The molecule has 6 heteroatoms. The van der Waals surface area contributed by atoms with Gasteiger partial charge in [0.2, 0.25) is 5.95 Å². The van der Waals surface area contributed by atoms with Crippen LogP contribution in [0.25, 0.3) is 21.5 Å². The molecule has 128 valence electrons. The molecule has 26 heavy (non-hydrogen) atoms. The van der Waals surface area contributed by atoms with E-state index in [1.165, 1.54) is 11.3 Å². The zero-order valence-electron chi connectivity index (χ0n) is 14.4. The summed E-state index contributed by atoms with van der Waals surface area (Å²) in [5, 5.41) is 4.32.